The van der Waals surface area contributed by atoms with Crippen molar-refractivity contribution < 1.29 is 74.9 Å². The molecule has 1 radical (unpaired) electrons. The van der Waals surface area contributed by atoms with E-state index in [0.717, 1.165) is 12.8 Å². The molecule has 11 heteroatoms. The first-order valence-electron chi connectivity index (χ1n) is 6.97. The van der Waals surface area contributed by atoms with Crippen molar-refractivity contribution in [1.82, 2.24) is 0 Å². The van der Waals surface area contributed by atoms with Gasteiger partial charge in [-0.15, -0.1) is 0 Å². The van der Waals surface area contributed by atoms with Gasteiger partial charge in [0.2, 0.25) is 5.76 Å². The summed E-state index contributed by atoms with van der Waals surface area (Å²) in [5.74, 6) is -5.34. The van der Waals surface area contributed by atoms with Gasteiger partial charge < -0.3 is 5.11 Å². The van der Waals surface area contributed by atoms with Crippen LogP contribution in [-0.2, 0) is 4.79 Å². The van der Waals surface area contributed by atoms with Crippen LogP contribution in [0.5, 0.6) is 0 Å². The minimum atomic E-state index is -5.42. The van der Waals surface area contributed by atoms with E-state index in [1.807, 2.05) is 24.6 Å². The molecule has 1 N–H and O–H groups in total. The van der Waals surface area contributed by atoms with Crippen LogP contribution in [0, 0.1) is 38.6 Å². The fraction of sp³-hybridized carbons (Fsp3) is 0.400. The van der Waals surface area contributed by atoms with Crippen molar-refractivity contribution in [2.45, 2.75) is 37.3 Å². The number of rotatable bonds is 2. The second kappa shape index (κ2) is 10.9. The molecule has 0 fully saturated rings. The Morgan fingerprint density at radius 2 is 1.35 bits per heavy atom. The van der Waals surface area contributed by atoms with Gasteiger partial charge in [-0.2, -0.15) is 26.3 Å². The number of carbonyl (C=O) groups is 1. The molecule has 4 nitrogen and oxygen atoms in total. The van der Waals surface area contributed by atoms with Gasteiger partial charge >= 0.3 is 12.4 Å². The van der Waals surface area contributed by atoms with Crippen LogP contribution < -0.4 is 0 Å². The third kappa shape index (κ3) is 9.01. The fourth-order valence-electron chi connectivity index (χ4n) is 1.80. The molecule has 0 aromatic rings. The van der Waals surface area contributed by atoms with Crippen LogP contribution in [0.4, 0.5) is 26.3 Å². The average molecular weight is 527 g/mol. The van der Waals surface area contributed by atoms with E-state index >= 15 is 0 Å². The maximum Gasteiger partial charge on any atom is 0.454 e. The number of ketones is 1. The topological polar surface area (TPSA) is 62.0 Å². The van der Waals surface area contributed by atoms with Gasteiger partial charge in [0.25, 0.3) is 5.78 Å². The normalized spacial score (nSPS) is 22.3. The molecule has 0 bridgehead atoms. The Hall–Kier alpha value is -1.10. The molecule has 2 rings (SSSR count). The Balaban J connectivity index is 0.000000463. The summed E-state index contributed by atoms with van der Waals surface area (Å²) in [4.78, 5) is 18.6. The van der Waals surface area contributed by atoms with E-state index in [4.69, 9.17) is 5.11 Å². The second-order valence-electron chi connectivity index (χ2n) is 4.95. The molecule has 0 aromatic heterocycles. The molecule has 2 aliphatic heterocycles. The number of aliphatic imine (C=N–C) groups is 2. The number of hydrogen-bond acceptors (Lipinski definition) is 4. The molecule has 0 aliphatic carbocycles. The van der Waals surface area contributed by atoms with Gasteiger partial charge in [-0.05, 0) is 25.0 Å². The summed E-state index contributed by atoms with van der Waals surface area (Å²) < 4.78 is 68.1. The predicted molar refractivity (Wildman–Crippen MR) is 79.9 cm³/mol. The minimum absolute atomic E-state index is 0. The maximum atomic E-state index is 11.4. The summed E-state index contributed by atoms with van der Waals surface area (Å²) >= 11 is 0. The minimum Gasteiger partial charge on any atom is -0.504 e. The molecule has 0 amide bonds. The van der Waals surface area contributed by atoms with Crippen molar-refractivity contribution in [1.29, 1.82) is 0 Å². The molecule has 2 aliphatic rings. The smallest absolute Gasteiger partial charge is 0.454 e. The number of aliphatic hydroxyl groups excluding tert-OH is 1. The van der Waals surface area contributed by atoms with Crippen molar-refractivity contribution in [3.63, 3.8) is 0 Å². The van der Waals surface area contributed by atoms with Gasteiger partial charge in [0.05, 0.1) is 12.1 Å². The summed E-state index contributed by atoms with van der Waals surface area (Å²) in [6, 6.07) is 0.743. The van der Waals surface area contributed by atoms with Crippen LogP contribution in [-0.4, -0.2) is 47.8 Å². The number of aliphatic hydroxyl groups is 1. The van der Waals surface area contributed by atoms with Crippen molar-refractivity contribution in [2.75, 3.05) is 0 Å². The maximum absolute atomic E-state index is 11.4. The van der Waals surface area contributed by atoms with E-state index < -0.39 is 30.0 Å². The largest absolute Gasteiger partial charge is 0.504 e. The van der Waals surface area contributed by atoms with Gasteiger partial charge in [-0.25, -0.2) is 0 Å². The van der Waals surface area contributed by atoms with Crippen LogP contribution in [0.3, 0.4) is 0 Å². The molecule has 0 aromatic carbocycles. The molecular weight excluding hydrogens is 513 g/mol. The third-order valence-corrected chi connectivity index (χ3v) is 3.04. The Kier molecular flexibility index (Phi) is 10.4. The second-order valence-corrected chi connectivity index (χ2v) is 4.95. The zero-order valence-electron chi connectivity index (χ0n) is 13.0. The SMILES string of the molecule is C1=CCC(C2CC=CC=N2)N=C1.O=C(/C=C(\O)C(F)(F)F)C(F)(F)F.[Tb]. The average Bonchev–Trinajstić information content (AvgIpc) is 2.55. The predicted octanol–water partition coefficient (Wildman–Crippen LogP) is 3.91. The number of dihydropyridines is 2. The van der Waals surface area contributed by atoms with Crippen LogP contribution in [0.25, 0.3) is 0 Å². The van der Waals surface area contributed by atoms with Gasteiger partial charge in [-0.1, -0.05) is 12.2 Å². The molecule has 0 spiro atoms. The summed E-state index contributed by atoms with van der Waals surface area (Å²) in [5.41, 5.74) is 0. The Labute approximate surface area is 175 Å². The zero-order valence-corrected chi connectivity index (χ0v) is 15.1. The van der Waals surface area contributed by atoms with Crippen molar-refractivity contribution >= 4 is 18.2 Å². The van der Waals surface area contributed by atoms with Gasteiger partial charge in [0.1, 0.15) is 0 Å². The van der Waals surface area contributed by atoms with E-state index in [1.165, 1.54) is 0 Å². The van der Waals surface area contributed by atoms with Gasteiger partial charge in [-0.3, -0.25) is 14.8 Å². The number of carbonyl (C=O) groups excluding carboxylic acids is 1. The summed E-state index contributed by atoms with van der Waals surface area (Å²) in [6.45, 7) is 0. The summed E-state index contributed by atoms with van der Waals surface area (Å²) in [6.07, 6.45) is 2.46. The van der Waals surface area contributed by atoms with Crippen molar-refractivity contribution in [3.05, 3.63) is 36.1 Å². The van der Waals surface area contributed by atoms with Crippen molar-refractivity contribution in [3.8, 4) is 0 Å². The Morgan fingerprint density at radius 3 is 1.62 bits per heavy atom. The number of halogens is 6. The van der Waals surface area contributed by atoms with E-state index in [2.05, 4.69) is 22.1 Å². The van der Waals surface area contributed by atoms with Crippen molar-refractivity contribution in [2.24, 2.45) is 9.98 Å². The van der Waals surface area contributed by atoms with Gasteiger partial charge in [0, 0.05) is 57.1 Å². The van der Waals surface area contributed by atoms with E-state index in [-0.39, 0.29) is 38.6 Å². The molecule has 26 heavy (non-hydrogen) atoms. The molecule has 0 saturated heterocycles. The standard InChI is InChI=1S/C10H12N2.C5H2F6O2.Tb/c1-3-7-11-9(5-1)10-6-2-4-8-12-10;6-4(7,8)2(12)1-3(13)5(9,10)11;/h1-4,7-10H,5-6H2;1,12H;/b;2-1-;. The first kappa shape index (κ1) is 24.9. The van der Waals surface area contributed by atoms with E-state index in [1.54, 1.807) is 0 Å². The Bertz CT molecular complexity index is 593. The number of hydrogen-bond donors (Lipinski definition) is 1. The quantitative estimate of drug-likeness (QED) is 0.337. The first-order valence-corrected chi connectivity index (χ1v) is 6.97. The van der Waals surface area contributed by atoms with Crippen LogP contribution in [0.2, 0.25) is 0 Å². The monoisotopic (exact) mass is 527 g/mol. The van der Waals surface area contributed by atoms with Crippen LogP contribution >= 0.6 is 0 Å². The number of nitrogens with zero attached hydrogens (tertiary/aromatic N) is 2. The number of alkyl halides is 6. The zero-order chi connectivity index (χ0) is 19.1. The fourth-order valence-corrected chi connectivity index (χ4v) is 1.80. The Morgan fingerprint density at radius 1 is 0.923 bits per heavy atom. The molecule has 2 unspecified atom stereocenters. The van der Waals surface area contributed by atoms with Gasteiger partial charge in [0.15, 0.2) is 0 Å². The number of allylic oxidation sites excluding steroid dienone is 4. The molecule has 147 valence electrons. The molecule has 0 saturated carbocycles. The van der Waals surface area contributed by atoms with Crippen LogP contribution in [0.1, 0.15) is 12.8 Å². The van der Waals surface area contributed by atoms with E-state index in [9.17, 15) is 31.1 Å². The molecular formula is C15H14F6N2O2Tb. The van der Waals surface area contributed by atoms with Crippen LogP contribution in [0.15, 0.2) is 46.1 Å². The van der Waals surface area contributed by atoms with E-state index in [0.29, 0.717) is 12.1 Å². The molecule has 2 atom stereocenters. The summed E-state index contributed by atoms with van der Waals surface area (Å²) in [7, 11) is 0. The summed E-state index contributed by atoms with van der Waals surface area (Å²) in [5, 5.41) is 7.93. The first-order chi connectivity index (χ1) is 11.5. The third-order valence-electron chi connectivity index (χ3n) is 3.04. The molecule has 2 heterocycles.